The summed E-state index contributed by atoms with van der Waals surface area (Å²) in [5.74, 6) is -1.90. The average Bonchev–Trinajstić information content (AvgIpc) is 2.40. The van der Waals surface area contributed by atoms with Gasteiger partial charge in [0.2, 0.25) is 0 Å². The second-order valence-electron chi connectivity index (χ2n) is 4.39. The lowest BCUT2D eigenvalue weighted by Gasteiger charge is -2.15. The van der Waals surface area contributed by atoms with E-state index < -0.39 is 23.9 Å². The Balaban J connectivity index is 2.70. The van der Waals surface area contributed by atoms with Gasteiger partial charge in [-0.15, -0.1) is 0 Å². The lowest BCUT2D eigenvalue weighted by molar-refractivity contribution is -0.139. The molecule has 0 saturated carbocycles. The van der Waals surface area contributed by atoms with Gasteiger partial charge in [-0.2, -0.15) is 0 Å². The van der Waals surface area contributed by atoms with E-state index in [1.807, 2.05) is 6.92 Å². The third-order valence-corrected chi connectivity index (χ3v) is 3.24. The van der Waals surface area contributed by atoms with Gasteiger partial charge in [-0.1, -0.05) is 43.0 Å². The Morgan fingerprint density at radius 1 is 1.33 bits per heavy atom. The van der Waals surface area contributed by atoms with Crippen LogP contribution in [-0.4, -0.2) is 23.1 Å². The molecule has 1 rings (SSSR count). The number of benzene rings is 1. The summed E-state index contributed by atoms with van der Waals surface area (Å²) < 4.78 is 13.2. The largest absolute Gasteiger partial charge is 0.480 e. The van der Waals surface area contributed by atoms with Crippen LogP contribution in [0.25, 0.3) is 0 Å². The number of urea groups is 1. The zero-order valence-electron chi connectivity index (χ0n) is 11.3. The highest BCUT2D eigenvalue weighted by Gasteiger charge is 2.19. The Hall–Kier alpha value is -1.53. The summed E-state index contributed by atoms with van der Waals surface area (Å²) in [6, 6.07) is 0.655. The van der Waals surface area contributed by atoms with Crippen LogP contribution in [0, 0.1) is 5.82 Å². The van der Waals surface area contributed by atoms with Crippen LogP contribution in [-0.2, 0) is 4.79 Å². The molecule has 21 heavy (non-hydrogen) atoms. The van der Waals surface area contributed by atoms with Crippen molar-refractivity contribution in [1.29, 1.82) is 0 Å². The van der Waals surface area contributed by atoms with E-state index in [-0.39, 0.29) is 15.7 Å². The first kappa shape index (κ1) is 17.5. The maximum atomic E-state index is 13.2. The van der Waals surface area contributed by atoms with Crippen molar-refractivity contribution in [2.45, 2.75) is 32.2 Å². The summed E-state index contributed by atoms with van der Waals surface area (Å²) in [5.41, 5.74) is 0.170. The minimum absolute atomic E-state index is 0.170. The molecule has 5 nitrogen and oxygen atoms in total. The van der Waals surface area contributed by atoms with Gasteiger partial charge in [-0.25, -0.2) is 14.0 Å². The van der Waals surface area contributed by atoms with Crippen LogP contribution in [0.2, 0.25) is 10.0 Å². The molecule has 1 aromatic carbocycles. The molecule has 1 aromatic rings. The molecule has 0 aliphatic carbocycles. The summed E-state index contributed by atoms with van der Waals surface area (Å²) in [4.78, 5) is 22.7. The number of aliphatic carboxylic acids is 1. The number of carbonyl (C=O) groups is 2. The van der Waals surface area contributed by atoms with Gasteiger partial charge in [0, 0.05) is 5.69 Å². The average molecular weight is 337 g/mol. The number of anilines is 1. The van der Waals surface area contributed by atoms with Gasteiger partial charge < -0.3 is 15.7 Å². The molecule has 1 unspecified atom stereocenters. The van der Waals surface area contributed by atoms with Gasteiger partial charge in [-0.05, 0) is 18.6 Å². The number of hydrogen-bond acceptors (Lipinski definition) is 2. The lowest BCUT2D eigenvalue weighted by Crippen LogP contribution is -2.42. The van der Waals surface area contributed by atoms with E-state index in [0.717, 1.165) is 6.42 Å². The molecule has 0 spiro atoms. The molecule has 0 saturated heterocycles. The Kier molecular flexibility index (Phi) is 6.71. The molecule has 0 radical (unpaired) electrons. The van der Waals surface area contributed by atoms with Gasteiger partial charge in [0.05, 0.1) is 10.0 Å². The highest BCUT2D eigenvalue weighted by molar-refractivity contribution is 6.35. The number of carboxylic acid groups (broad SMARTS) is 1. The number of rotatable bonds is 6. The molecule has 0 aromatic heterocycles. The number of carbonyl (C=O) groups excluding carboxylic acids is 1. The Morgan fingerprint density at radius 2 is 1.90 bits per heavy atom. The molecule has 0 bridgehead atoms. The Labute approximate surface area is 131 Å². The first-order valence-corrected chi connectivity index (χ1v) is 7.05. The maximum absolute atomic E-state index is 13.2. The maximum Gasteiger partial charge on any atom is 0.326 e. The van der Waals surface area contributed by atoms with Crippen LogP contribution in [0.4, 0.5) is 14.9 Å². The zero-order chi connectivity index (χ0) is 16.0. The van der Waals surface area contributed by atoms with E-state index in [2.05, 4.69) is 10.6 Å². The second-order valence-corrected chi connectivity index (χ2v) is 5.20. The predicted molar refractivity (Wildman–Crippen MR) is 79.5 cm³/mol. The van der Waals surface area contributed by atoms with Crippen LogP contribution in [0.3, 0.4) is 0 Å². The van der Waals surface area contributed by atoms with Gasteiger partial charge >= 0.3 is 12.0 Å². The third-order valence-electron chi connectivity index (χ3n) is 2.69. The Bertz CT molecular complexity index is 517. The van der Waals surface area contributed by atoms with Crippen LogP contribution in [0.15, 0.2) is 12.1 Å². The molecule has 0 heterocycles. The van der Waals surface area contributed by atoms with Gasteiger partial charge in [0.15, 0.2) is 5.82 Å². The van der Waals surface area contributed by atoms with Crippen molar-refractivity contribution in [2.75, 3.05) is 5.32 Å². The number of unbranched alkanes of at least 4 members (excludes halogenated alkanes) is 1. The predicted octanol–water partition coefficient (Wildman–Crippen LogP) is 3.90. The van der Waals surface area contributed by atoms with Crippen molar-refractivity contribution < 1.29 is 19.1 Å². The van der Waals surface area contributed by atoms with Crippen molar-refractivity contribution in [2.24, 2.45) is 0 Å². The summed E-state index contributed by atoms with van der Waals surface area (Å²) >= 11 is 11.2. The second kappa shape index (κ2) is 8.05. The van der Waals surface area contributed by atoms with E-state index in [1.165, 1.54) is 12.1 Å². The van der Waals surface area contributed by atoms with Crippen molar-refractivity contribution in [3.05, 3.63) is 28.0 Å². The topological polar surface area (TPSA) is 78.4 Å². The first-order chi connectivity index (χ1) is 9.85. The smallest absolute Gasteiger partial charge is 0.326 e. The number of amides is 2. The van der Waals surface area contributed by atoms with Crippen LogP contribution in [0.1, 0.15) is 26.2 Å². The van der Waals surface area contributed by atoms with Crippen LogP contribution in [0.5, 0.6) is 0 Å². The van der Waals surface area contributed by atoms with E-state index in [4.69, 9.17) is 28.3 Å². The molecule has 3 N–H and O–H groups in total. The summed E-state index contributed by atoms with van der Waals surface area (Å²) in [6.07, 6.45) is 1.81. The monoisotopic (exact) mass is 336 g/mol. The number of hydrogen-bond donors (Lipinski definition) is 3. The van der Waals surface area contributed by atoms with Crippen molar-refractivity contribution in [3.8, 4) is 0 Å². The van der Waals surface area contributed by atoms with E-state index >= 15 is 0 Å². The Morgan fingerprint density at radius 3 is 2.38 bits per heavy atom. The minimum atomic E-state index is -1.12. The standard InChI is InChI=1S/C13H15Cl2FN2O3/c1-2-3-4-10(12(19)20)18-13(21)17-7-5-8(14)11(16)9(15)6-7/h5-6,10H,2-4H2,1H3,(H,19,20)(H2,17,18,21). The fourth-order valence-electron chi connectivity index (χ4n) is 1.62. The van der Waals surface area contributed by atoms with Crippen LogP contribution < -0.4 is 10.6 Å². The lowest BCUT2D eigenvalue weighted by atomic mass is 10.1. The number of halogens is 3. The van der Waals surface area contributed by atoms with Crippen molar-refractivity contribution >= 4 is 40.9 Å². The summed E-state index contributed by atoms with van der Waals surface area (Å²) in [6.45, 7) is 1.92. The van der Waals surface area contributed by atoms with Gasteiger partial charge in [-0.3, -0.25) is 0 Å². The first-order valence-electron chi connectivity index (χ1n) is 6.30. The molecule has 0 aliphatic heterocycles. The molecule has 2 amide bonds. The van der Waals surface area contributed by atoms with Crippen molar-refractivity contribution in [3.63, 3.8) is 0 Å². The van der Waals surface area contributed by atoms with E-state index in [0.29, 0.717) is 12.8 Å². The molecular weight excluding hydrogens is 322 g/mol. The molecule has 116 valence electrons. The minimum Gasteiger partial charge on any atom is -0.480 e. The number of nitrogens with one attached hydrogen (secondary N) is 2. The fraction of sp³-hybridized carbons (Fsp3) is 0.385. The normalized spacial score (nSPS) is 11.8. The van der Waals surface area contributed by atoms with E-state index in [1.54, 1.807) is 0 Å². The third kappa shape index (κ3) is 5.40. The molecular formula is C13H15Cl2FN2O3. The zero-order valence-corrected chi connectivity index (χ0v) is 12.8. The molecule has 0 fully saturated rings. The van der Waals surface area contributed by atoms with Gasteiger partial charge in [0.25, 0.3) is 0 Å². The van der Waals surface area contributed by atoms with Crippen LogP contribution >= 0.6 is 23.2 Å². The molecule has 8 heteroatoms. The van der Waals surface area contributed by atoms with E-state index in [9.17, 15) is 14.0 Å². The summed E-state index contributed by atoms with van der Waals surface area (Å²) in [5, 5.41) is 13.2. The highest BCUT2D eigenvalue weighted by Crippen LogP contribution is 2.27. The van der Waals surface area contributed by atoms with Gasteiger partial charge in [0.1, 0.15) is 6.04 Å². The highest BCUT2D eigenvalue weighted by atomic mass is 35.5. The SMILES string of the molecule is CCCCC(NC(=O)Nc1cc(Cl)c(F)c(Cl)c1)C(=O)O. The summed E-state index contributed by atoms with van der Waals surface area (Å²) in [7, 11) is 0. The molecule has 1 atom stereocenters. The van der Waals surface area contributed by atoms with Crippen molar-refractivity contribution in [1.82, 2.24) is 5.32 Å². The number of carboxylic acids is 1. The molecule has 0 aliphatic rings. The fourth-order valence-corrected chi connectivity index (χ4v) is 2.11. The quantitative estimate of drug-likeness (QED) is 0.689.